The van der Waals surface area contributed by atoms with Gasteiger partial charge in [-0.15, -0.1) is 0 Å². The van der Waals surface area contributed by atoms with Crippen molar-refractivity contribution in [3.05, 3.63) is 0 Å². The summed E-state index contributed by atoms with van der Waals surface area (Å²) < 4.78 is 11.9. The topological polar surface area (TPSA) is 18.5 Å². The van der Waals surface area contributed by atoms with Crippen LogP contribution < -0.4 is 0 Å². The molecule has 2 saturated carbocycles. The van der Waals surface area contributed by atoms with Gasteiger partial charge in [-0.1, -0.05) is 25.7 Å². The van der Waals surface area contributed by atoms with Crippen LogP contribution in [0.4, 0.5) is 0 Å². The Morgan fingerprint density at radius 3 is 1.94 bits per heavy atom. The molecule has 2 aliphatic carbocycles. The Bertz CT molecular complexity index is 235. The highest BCUT2D eigenvalue weighted by Gasteiger charge is 2.47. The minimum atomic E-state index is -0.164. The van der Waals surface area contributed by atoms with Crippen LogP contribution in [-0.2, 0) is 9.47 Å². The predicted octanol–water partition coefficient (Wildman–Crippen LogP) is 3.64. The molecule has 1 saturated heterocycles. The van der Waals surface area contributed by atoms with E-state index in [1.807, 2.05) is 0 Å². The Balaban J connectivity index is 1.74. The molecule has 1 aliphatic heterocycles. The number of hydrogen-bond acceptors (Lipinski definition) is 2. The van der Waals surface area contributed by atoms with Crippen LogP contribution in [0, 0.1) is 5.41 Å². The van der Waals surface area contributed by atoms with Crippen molar-refractivity contribution in [2.75, 3.05) is 13.2 Å². The lowest BCUT2D eigenvalue weighted by molar-refractivity contribution is -0.204. The van der Waals surface area contributed by atoms with Gasteiger partial charge < -0.3 is 9.47 Å². The van der Waals surface area contributed by atoms with Gasteiger partial charge in [0.2, 0.25) is 0 Å². The molecule has 3 rings (SSSR count). The molecule has 0 aromatic heterocycles. The number of hydrogen-bond donors (Lipinski definition) is 0. The zero-order chi connectivity index (χ0) is 10.9. The highest BCUT2D eigenvalue weighted by Crippen LogP contribution is 2.52. The second-order valence-corrected chi connectivity index (χ2v) is 6.05. The van der Waals surface area contributed by atoms with Crippen molar-refractivity contribution in [3.63, 3.8) is 0 Å². The highest BCUT2D eigenvalue weighted by molar-refractivity contribution is 4.93. The molecule has 16 heavy (non-hydrogen) atoms. The summed E-state index contributed by atoms with van der Waals surface area (Å²) in [5.41, 5.74) is 0.569. The summed E-state index contributed by atoms with van der Waals surface area (Å²) >= 11 is 0. The molecule has 0 aromatic rings. The largest absolute Gasteiger partial charge is 0.348 e. The van der Waals surface area contributed by atoms with E-state index in [4.69, 9.17) is 9.47 Å². The second kappa shape index (κ2) is 4.30. The Kier molecular flexibility index (Phi) is 2.97. The summed E-state index contributed by atoms with van der Waals surface area (Å²) in [4.78, 5) is 0. The molecule has 0 unspecified atom stereocenters. The van der Waals surface area contributed by atoms with Crippen LogP contribution in [0.25, 0.3) is 0 Å². The first-order valence-electron chi connectivity index (χ1n) is 7.11. The van der Waals surface area contributed by atoms with Crippen molar-refractivity contribution in [2.24, 2.45) is 5.41 Å². The second-order valence-electron chi connectivity index (χ2n) is 6.05. The maximum Gasteiger partial charge on any atom is 0.169 e. The van der Waals surface area contributed by atoms with Crippen molar-refractivity contribution < 1.29 is 9.47 Å². The summed E-state index contributed by atoms with van der Waals surface area (Å²) in [6.07, 6.45) is 13.6. The van der Waals surface area contributed by atoms with E-state index in [-0.39, 0.29) is 5.79 Å². The monoisotopic (exact) mass is 224 g/mol. The molecule has 0 N–H and O–H groups in total. The van der Waals surface area contributed by atoms with E-state index in [0.29, 0.717) is 5.41 Å². The Hall–Kier alpha value is -0.0800. The lowest BCUT2D eigenvalue weighted by Crippen LogP contribution is -2.42. The zero-order valence-electron chi connectivity index (χ0n) is 10.3. The van der Waals surface area contributed by atoms with Crippen LogP contribution in [-0.4, -0.2) is 19.0 Å². The normalized spacial score (nSPS) is 33.0. The molecule has 92 valence electrons. The van der Waals surface area contributed by atoms with E-state index in [1.165, 1.54) is 57.8 Å². The van der Waals surface area contributed by atoms with E-state index in [2.05, 4.69) is 0 Å². The molecular weight excluding hydrogens is 200 g/mol. The van der Waals surface area contributed by atoms with Crippen LogP contribution in [0.15, 0.2) is 0 Å². The molecular formula is C14H24O2. The highest BCUT2D eigenvalue weighted by atomic mass is 16.7. The van der Waals surface area contributed by atoms with Crippen molar-refractivity contribution in [1.82, 2.24) is 0 Å². The van der Waals surface area contributed by atoms with Crippen molar-refractivity contribution in [1.29, 1.82) is 0 Å². The van der Waals surface area contributed by atoms with Gasteiger partial charge in [-0.2, -0.15) is 0 Å². The average Bonchev–Trinajstić information content (AvgIpc) is 2.60. The first kappa shape index (κ1) is 11.0. The average molecular weight is 224 g/mol. The maximum atomic E-state index is 5.93. The zero-order valence-corrected chi connectivity index (χ0v) is 10.3. The van der Waals surface area contributed by atoms with Gasteiger partial charge in [0.1, 0.15) is 0 Å². The standard InChI is InChI=1S/C14H24O2/c1-2-4-7-13(6-3-1)8-5-9-14(12-13)15-10-11-16-14/h1-12H2. The smallest absolute Gasteiger partial charge is 0.169 e. The van der Waals surface area contributed by atoms with E-state index < -0.39 is 0 Å². The van der Waals surface area contributed by atoms with E-state index in [0.717, 1.165) is 19.6 Å². The Morgan fingerprint density at radius 2 is 1.25 bits per heavy atom. The van der Waals surface area contributed by atoms with E-state index in [1.54, 1.807) is 0 Å². The molecule has 2 nitrogen and oxygen atoms in total. The molecule has 1 heterocycles. The first-order chi connectivity index (χ1) is 7.83. The lowest BCUT2D eigenvalue weighted by atomic mass is 9.67. The molecule has 2 heteroatoms. The first-order valence-corrected chi connectivity index (χ1v) is 7.11. The van der Waals surface area contributed by atoms with Gasteiger partial charge in [0.25, 0.3) is 0 Å². The van der Waals surface area contributed by atoms with Gasteiger partial charge in [0.05, 0.1) is 13.2 Å². The van der Waals surface area contributed by atoms with Crippen LogP contribution >= 0.6 is 0 Å². The van der Waals surface area contributed by atoms with Crippen LogP contribution in [0.1, 0.15) is 64.2 Å². The third kappa shape index (κ3) is 2.02. The quantitative estimate of drug-likeness (QED) is 0.625. The fourth-order valence-corrected chi connectivity index (χ4v) is 4.13. The molecule has 2 spiro atoms. The molecule has 0 radical (unpaired) electrons. The number of ether oxygens (including phenoxy) is 2. The lowest BCUT2D eigenvalue weighted by Gasteiger charge is -2.45. The molecule has 0 amide bonds. The van der Waals surface area contributed by atoms with E-state index >= 15 is 0 Å². The molecule has 0 bridgehead atoms. The Morgan fingerprint density at radius 1 is 0.625 bits per heavy atom. The van der Waals surface area contributed by atoms with Gasteiger partial charge in [0, 0.05) is 12.8 Å². The minimum Gasteiger partial charge on any atom is -0.348 e. The molecule has 3 fully saturated rings. The number of rotatable bonds is 0. The summed E-state index contributed by atoms with van der Waals surface area (Å²) in [6.45, 7) is 1.63. The van der Waals surface area contributed by atoms with Gasteiger partial charge in [-0.05, 0) is 31.1 Å². The van der Waals surface area contributed by atoms with Crippen LogP contribution in [0.3, 0.4) is 0 Å². The maximum absolute atomic E-state index is 5.93. The van der Waals surface area contributed by atoms with Gasteiger partial charge in [-0.3, -0.25) is 0 Å². The van der Waals surface area contributed by atoms with Crippen LogP contribution in [0.5, 0.6) is 0 Å². The van der Waals surface area contributed by atoms with E-state index in [9.17, 15) is 0 Å². The summed E-state index contributed by atoms with van der Waals surface area (Å²) in [5, 5.41) is 0. The molecule has 0 aromatic carbocycles. The van der Waals surface area contributed by atoms with Crippen molar-refractivity contribution in [2.45, 2.75) is 70.0 Å². The summed E-state index contributed by atoms with van der Waals surface area (Å²) in [7, 11) is 0. The van der Waals surface area contributed by atoms with Gasteiger partial charge in [0.15, 0.2) is 5.79 Å². The van der Waals surface area contributed by atoms with Crippen LogP contribution in [0.2, 0.25) is 0 Å². The fourth-order valence-electron chi connectivity index (χ4n) is 4.13. The predicted molar refractivity (Wildman–Crippen MR) is 63.2 cm³/mol. The minimum absolute atomic E-state index is 0.164. The van der Waals surface area contributed by atoms with Gasteiger partial charge >= 0.3 is 0 Å². The molecule has 0 atom stereocenters. The Labute approximate surface area is 98.7 Å². The fraction of sp³-hybridized carbons (Fsp3) is 1.00. The SMILES string of the molecule is C1CCCC2(CC1)CCCC1(C2)OCCO1. The summed E-state index contributed by atoms with van der Waals surface area (Å²) in [6, 6.07) is 0. The third-order valence-corrected chi connectivity index (χ3v) is 4.89. The van der Waals surface area contributed by atoms with Gasteiger partial charge in [-0.25, -0.2) is 0 Å². The third-order valence-electron chi connectivity index (χ3n) is 4.89. The van der Waals surface area contributed by atoms with Crippen molar-refractivity contribution in [3.8, 4) is 0 Å². The molecule has 3 aliphatic rings. The summed E-state index contributed by atoms with van der Waals surface area (Å²) in [5.74, 6) is -0.164. The van der Waals surface area contributed by atoms with Crippen molar-refractivity contribution >= 4 is 0 Å².